The fourth-order valence-corrected chi connectivity index (χ4v) is 5.67. The molecule has 0 saturated heterocycles. The molecule has 12 nitrogen and oxygen atoms in total. The monoisotopic (exact) mass is 625 g/mol. The number of esters is 1. The van der Waals surface area contributed by atoms with E-state index in [2.05, 4.69) is 20.8 Å². The van der Waals surface area contributed by atoms with Crippen molar-refractivity contribution in [3.05, 3.63) is 125 Å². The van der Waals surface area contributed by atoms with Crippen LogP contribution in [0.15, 0.2) is 101 Å². The standard InChI is InChI=1S/C32H27N5O7S/c1-18-8-7-12-24(19(18)2)35-31(40)27(36-37-30(39)23-11-5-6-13-25(23)45(33,42)43)26(28(38)20-14-16-34-17-15-20)29-21-9-3-4-10-22(21)32(41)44-29/h3-17,26,29H,1-2H3,(H,35,40)(H,37,39)(H2,33,42,43). The summed E-state index contributed by atoms with van der Waals surface area (Å²) in [6.45, 7) is 3.65. The molecule has 0 spiro atoms. The summed E-state index contributed by atoms with van der Waals surface area (Å²) < 4.78 is 30.0. The average Bonchev–Trinajstić information content (AvgIpc) is 3.36. The SMILES string of the molecule is Cc1cccc(NC(=O)C(=NNC(=O)c2ccccc2S(N)(=O)=O)C(C(=O)c2ccncc2)C2OC(=O)c3ccccc32)c1C. The van der Waals surface area contributed by atoms with Gasteiger partial charge in [0.2, 0.25) is 10.0 Å². The average molecular weight is 626 g/mol. The van der Waals surface area contributed by atoms with Crippen LogP contribution in [0.5, 0.6) is 0 Å². The van der Waals surface area contributed by atoms with E-state index in [1.165, 1.54) is 48.8 Å². The van der Waals surface area contributed by atoms with E-state index in [0.29, 0.717) is 11.3 Å². The summed E-state index contributed by atoms with van der Waals surface area (Å²) in [5, 5.41) is 12.2. The summed E-state index contributed by atoms with van der Waals surface area (Å²) in [4.78, 5) is 57.9. The third-order valence-corrected chi connectivity index (χ3v) is 8.34. The minimum atomic E-state index is -4.31. The molecule has 2 amide bonds. The molecule has 0 aliphatic carbocycles. The number of rotatable bonds is 9. The van der Waals surface area contributed by atoms with Crippen LogP contribution < -0.4 is 15.9 Å². The Morgan fingerprint density at radius 1 is 0.933 bits per heavy atom. The number of Topliss-reactive ketones (excluding diaryl/α,β-unsaturated/α-hetero) is 1. The van der Waals surface area contributed by atoms with Crippen LogP contribution in [-0.2, 0) is 19.6 Å². The van der Waals surface area contributed by atoms with E-state index in [4.69, 9.17) is 9.88 Å². The molecule has 2 heterocycles. The Morgan fingerprint density at radius 2 is 1.62 bits per heavy atom. The van der Waals surface area contributed by atoms with Crippen molar-refractivity contribution >= 4 is 45.0 Å². The second-order valence-corrected chi connectivity index (χ2v) is 11.7. The number of nitrogens with zero attached hydrogens (tertiary/aromatic N) is 2. The van der Waals surface area contributed by atoms with Crippen LogP contribution in [0.2, 0.25) is 0 Å². The first-order valence-electron chi connectivity index (χ1n) is 13.6. The molecule has 4 aromatic rings. The number of carbonyl (C=O) groups is 4. The minimum Gasteiger partial charge on any atom is -0.453 e. The lowest BCUT2D eigenvalue weighted by atomic mass is 9.84. The number of nitrogens with two attached hydrogens (primary N) is 1. The number of nitrogens with one attached hydrogen (secondary N) is 2. The molecule has 228 valence electrons. The Bertz CT molecular complexity index is 1980. The highest BCUT2D eigenvalue weighted by atomic mass is 32.2. The Balaban J connectivity index is 1.66. The van der Waals surface area contributed by atoms with Gasteiger partial charge in [0.25, 0.3) is 11.8 Å². The van der Waals surface area contributed by atoms with Crippen LogP contribution in [0, 0.1) is 19.8 Å². The zero-order valence-corrected chi connectivity index (χ0v) is 24.9. The molecule has 1 aromatic heterocycles. The number of amides is 2. The van der Waals surface area contributed by atoms with Gasteiger partial charge in [0, 0.05) is 29.2 Å². The summed E-state index contributed by atoms with van der Waals surface area (Å²) in [6.07, 6.45) is 1.47. The molecule has 1 aliphatic heterocycles. The number of hydrogen-bond acceptors (Lipinski definition) is 9. The molecule has 0 radical (unpaired) electrons. The Kier molecular flexibility index (Phi) is 8.66. The zero-order valence-electron chi connectivity index (χ0n) is 24.1. The molecule has 1 aliphatic rings. The molecular weight excluding hydrogens is 598 g/mol. The third kappa shape index (κ3) is 6.39. The molecule has 5 rings (SSSR count). The van der Waals surface area contributed by atoms with E-state index < -0.39 is 56.2 Å². The Hall–Kier alpha value is -5.53. The van der Waals surface area contributed by atoms with Gasteiger partial charge >= 0.3 is 5.97 Å². The number of primary sulfonamides is 1. The number of hydrazone groups is 1. The van der Waals surface area contributed by atoms with Crippen molar-refractivity contribution in [1.82, 2.24) is 10.4 Å². The molecule has 45 heavy (non-hydrogen) atoms. The number of anilines is 1. The maximum atomic E-state index is 14.2. The number of sulfonamides is 1. The summed E-state index contributed by atoms with van der Waals surface area (Å²) in [5.41, 5.74) is 4.08. The van der Waals surface area contributed by atoms with Crippen LogP contribution in [0.1, 0.15) is 53.9 Å². The van der Waals surface area contributed by atoms with E-state index in [1.807, 2.05) is 13.0 Å². The number of fused-ring (bicyclic) bond motifs is 1. The normalized spacial score (nSPS) is 15.0. The summed E-state index contributed by atoms with van der Waals surface area (Å²) in [7, 11) is -4.31. The highest BCUT2D eigenvalue weighted by molar-refractivity contribution is 7.89. The van der Waals surface area contributed by atoms with Crippen molar-refractivity contribution < 1.29 is 32.3 Å². The summed E-state index contributed by atoms with van der Waals surface area (Å²) in [5.74, 6) is -4.81. The fourth-order valence-electron chi connectivity index (χ4n) is 4.93. The Labute approximate surface area is 258 Å². The molecular formula is C32H27N5O7S. The number of pyridine rings is 1. The number of hydrogen-bond donors (Lipinski definition) is 3. The minimum absolute atomic E-state index is 0.133. The van der Waals surface area contributed by atoms with Gasteiger partial charge in [-0.05, 0) is 61.4 Å². The van der Waals surface area contributed by atoms with Gasteiger partial charge in [0.1, 0.15) is 17.7 Å². The van der Waals surface area contributed by atoms with Crippen molar-refractivity contribution in [3.8, 4) is 0 Å². The van der Waals surface area contributed by atoms with Crippen LogP contribution in [-0.4, -0.2) is 42.7 Å². The number of carbonyl (C=O) groups excluding carboxylic acids is 4. The van der Waals surface area contributed by atoms with Gasteiger partial charge in [-0.3, -0.25) is 19.4 Å². The molecule has 13 heteroatoms. The molecule has 4 N–H and O–H groups in total. The van der Waals surface area contributed by atoms with Crippen molar-refractivity contribution in [3.63, 3.8) is 0 Å². The first-order valence-corrected chi connectivity index (χ1v) is 15.1. The number of aryl methyl sites for hydroxylation is 1. The number of aromatic nitrogens is 1. The van der Waals surface area contributed by atoms with E-state index in [9.17, 15) is 27.6 Å². The predicted molar refractivity (Wildman–Crippen MR) is 164 cm³/mol. The molecule has 0 bridgehead atoms. The van der Waals surface area contributed by atoms with Crippen molar-refractivity contribution in [2.75, 3.05) is 5.32 Å². The maximum Gasteiger partial charge on any atom is 0.339 e. The smallest absolute Gasteiger partial charge is 0.339 e. The zero-order chi connectivity index (χ0) is 32.3. The van der Waals surface area contributed by atoms with E-state index in [-0.39, 0.29) is 16.7 Å². The molecule has 2 unspecified atom stereocenters. The first kappa shape index (κ1) is 30.9. The van der Waals surface area contributed by atoms with E-state index in [0.717, 1.165) is 17.2 Å². The molecule has 3 aromatic carbocycles. The molecule has 0 saturated carbocycles. The predicted octanol–water partition coefficient (Wildman–Crippen LogP) is 3.48. The van der Waals surface area contributed by atoms with Gasteiger partial charge in [-0.2, -0.15) is 5.10 Å². The lowest BCUT2D eigenvalue weighted by Gasteiger charge is -2.24. The van der Waals surface area contributed by atoms with Gasteiger partial charge in [-0.1, -0.05) is 42.5 Å². The number of ether oxygens (including phenoxy) is 1. The number of ketones is 1. The number of cyclic esters (lactones) is 1. The summed E-state index contributed by atoms with van der Waals surface area (Å²) in [6, 6.07) is 19.7. The summed E-state index contributed by atoms with van der Waals surface area (Å²) >= 11 is 0. The first-order chi connectivity index (χ1) is 21.5. The van der Waals surface area contributed by atoms with Gasteiger partial charge in [-0.25, -0.2) is 23.8 Å². The van der Waals surface area contributed by atoms with Gasteiger partial charge in [0.15, 0.2) is 5.78 Å². The quantitative estimate of drug-likeness (QED) is 0.109. The van der Waals surface area contributed by atoms with Crippen molar-refractivity contribution in [2.45, 2.75) is 24.8 Å². The van der Waals surface area contributed by atoms with Crippen LogP contribution in [0.4, 0.5) is 5.69 Å². The van der Waals surface area contributed by atoms with Crippen LogP contribution in [0.25, 0.3) is 0 Å². The second kappa shape index (κ2) is 12.6. The fraction of sp³-hybridized carbons (Fsp3) is 0.125. The molecule has 0 fully saturated rings. The maximum absolute atomic E-state index is 14.2. The lowest BCUT2D eigenvalue weighted by Crippen LogP contribution is -2.40. The largest absolute Gasteiger partial charge is 0.453 e. The lowest BCUT2D eigenvalue weighted by molar-refractivity contribution is -0.110. The molecule has 2 atom stereocenters. The van der Waals surface area contributed by atoms with Crippen LogP contribution >= 0.6 is 0 Å². The topological polar surface area (TPSA) is 187 Å². The van der Waals surface area contributed by atoms with E-state index in [1.54, 1.807) is 37.3 Å². The van der Waals surface area contributed by atoms with Crippen molar-refractivity contribution in [2.24, 2.45) is 16.2 Å². The highest BCUT2D eigenvalue weighted by Crippen LogP contribution is 2.38. The van der Waals surface area contributed by atoms with Gasteiger partial charge in [0.05, 0.1) is 16.0 Å². The van der Waals surface area contributed by atoms with Gasteiger partial charge in [-0.15, -0.1) is 0 Å². The van der Waals surface area contributed by atoms with Crippen molar-refractivity contribution in [1.29, 1.82) is 0 Å². The second-order valence-electron chi connectivity index (χ2n) is 10.2. The van der Waals surface area contributed by atoms with Crippen LogP contribution in [0.3, 0.4) is 0 Å². The van der Waals surface area contributed by atoms with E-state index >= 15 is 0 Å². The van der Waals surface area contributed by atoms with Gasteiger partial charge < -0.3 is 10.1 Å². The Morgan fingerprint density at radius 3 is 2.36 bits per heavy atom. The number of benzene rings is 3. The third-order valence-electron chi connectivity index (χ3n) is 7.37. The highest BCUT2D eigenvalue weighted by Gasteiger charge is 2.45.